The normalized spacial score (nSPS) is 13.2. The van der Waals surface area contributed by atoms with Crippen molar-refractivity contribution in [2.24, 2.45) is 0 Å². The van der Waals surface area contributed by atoms with Gasteiger partial charge in [0, 0.05) is 0 Å². The quantitative estimate of drug-likeness (QED) is 0.880. The summed E-state index contributed by atoms with van der Waals surface area (Å²) in [5.74, 6) is -0.0264. The monoisotopic (exact) mass is 301 g/mol. The molecule has 0 fully saturated rings. The standard InChI is InChI=1S/C18H20FNO2/c1-3-17(22-16-11-9-15(19)10-12-16)18(21)20-13(2)14-7-5-4-6-8-14/h4-13,17H,3H2,1-2H3,(H,20,21)/t13-,17?/m1/s1. The van der Waals surface area contributed by atoms with Crippen molar-refractivity contribution in [3.8, 4) is 5.75 Å². The zero-order valence-electron chi connectivity index (χ0n) is 12.8. The molecule has 0 saturated heterocycles. The Bertz CT molecular complexity index is 598. The summed E-state index contributed by atoms with van der Waals surface area (Å²) in [4.78, 5) is 12.3. The van der Waals surface area contributed by atoms with Gasteiger partial charge in [0.25, 0.3) is 5.91 Å². The first kappa shape index (κ1) is 16.0. The SMILES string of the molecule is CCC(Oc1ccc(F)cc1)C(=O)N[C@H](C)c1ccccc1. The minimum Gasteiger partial charge on any atom is -0.481 e. The zero-order chi connectivity index (χ0) is 15.9. The minimum atomic E-state index is -0.600. The highest BCUT2D eigenvalue weighted by atomic mass is 19.1. The molecule has 0 radical (unpaired) electrons. The Morgan fingerprint density at radius 2 is 1.77 bits per heavy atom. The number of rotatable bonds is 6. The summed E-state index contributed by atoms with van der Waals surface area (Å²) in [6, 6.07) is 15.3. The van der Waals surface area contributed by atoms with Crippen LogP contribution in [0.2, 0.25) is 0 Å². The first-order valence-corrected chi connectivity index (χ1v) is 7.37. The molecule has 0 aliphatic heterocycles. The number of benzene rings is 2. The Morgan fingerprint density at radius 3 is 2.36 bits per heavy atom. The lowest BCUT2D eigenvalue weighted by Gasteiger charge is -2.20. The van der Waals surface area contributed by atoms with Gasteiger partial charge in [0.1, 0.15) is 11.6 Å². The van der Waals surface area contributed by atoms with Crippen molar-refractivity contribution in [3.05, 3.63) is 66.0 Å². The Balaban J connectivity index is 1.98. The van der Waals surface area contributed by atoms with Crippen molar-refractivity contribution in [1.82, 2.24) is 5.32 Å². The third-order valence-corrected chi connectivity index (χ3v) is 3.41. The molecule has 0 aromatic heterocycles. The van der Waals surface area contributed by atoms with E-state index in [1.807, 2.05) is 44.2 Å². The van der Waals surface area contributed by atoms with Crippen molar-refractivity contribution in [2.75, 3.05) is 0 Å². The maximum atomic E-state index is 12.9. The van der Waals surface area contributed by atoms with E-state index in [0.29, 0.717) is 12.2 Å². The summed E-state index contributed by atoms with van der Waals surface area (Å²) in [6.07, 6.45) is -0.0679. The Kier molecular flexibility index (Phi) is 5.53. The molecule has 22 heavy (non-hydrogen) atoms. The predicted molar refractivity (Wildman–Crippen MR) is 84.1 cm³/mol. The molecule has 1 amide bonds. The molecule has 1 N–H and O–H groups in total. The highest BCUT2D eigenvalue weighted by Gasteiger charge is 2.20. The summed E-state index contributed by atoms with van der Waals surface area (Å²) in [5, 5.41) is 2.94. The van der Waals surface area contributed by atoms with Gasteiger partial charge in [-0.05, 0) is 43.2 Å². The van der Waals surface area contributed by atoms with Gasteiger partial charge in [0.2, 0.25) is 0 Å². The maximum absolute atomic E-state index is 12.9. The van der Waals surface area contributed by atoms with E-state index in [9.17, 15) is 9.18 Å². The van der Waals surface area contributed by atoms with E-state index in [2.05, 4.69) is 5.32 Å². The van der Waals surface area contributed by atoms with Gasteiger partial charge >= 0.3 is 0 Å². The van der Waals surface area contributed by atoms with Crippen LogP contribution in [0.25, 0.3) is 0 Å². The summed E-state index contributed by atoms with van der Waals surface area (Å²) in [7, 11) is 0. The lowest BCUT2D eigenvalue weighted by Crippen LogP contribution is -2.39. The summed E-state index contributed by atoms with van der Waals surface area (Å²) < 4.78 is 18.5. The van der Waals surface area contributed by atoms with Crippen LogP contribution in [0.5, 0.6) is 5.75 Å². The molecule has 2 aromatic rings. The van der Waals surface area contributed by atoms with E-state index in [4.69, 9.17) is 4.74 Å². The molecule has 2 aromatic carbocycles. The van der Waals surface area contributed by atoms with Gasteiger partial charge in [-0.15, -0.1) is 0 Å². The van der Waals surface area contributed by atoms with Crippen molar-refractivity contribution in [2.45, 2.75) is 32.4 Å². The second-order valence-electron chi connectivity index (χ2n) is 5.11. The molecule has 4 heteroatoms. The van der Waals surface area contributed by atoms with Crippen LogP contribution >= 0.6 is 0 Å². The van der Waals surface area contributed by atoms with E-state index in [1.165, 1.54) is 24.3 Å². The number of hydrogen-bond acceptors (Lipinski definition) is 2. The van der Waals surface area contributed by atoms with Crippen molar-refractivity contribution in [3.63, 3.8) is 0 Å². The van der Waals surface area contributed by atoms with Crippen LogP contribution in [0, 0.1) is 5.82 Å². The number of ether oxygens (including phenoxy) is 1. The smallest absolute Gasteiger partial charge is 0.261 e. The van der Waals surface area contributed by atoms with Crippen molar-refractivity contribution in [1.29, 1.82) is 0 Å². The zero-order valence-corrected chi connectivity index (χ0v) is 12.8. The molecule has 3 nitrogen and oxygen atoms in total. The molecular weight excluding hydrogens is 281 g/mol. The molecule has 0 aliphatic rings. The summed E-state index contributed by atoms with van der Waals surface area (Å²) >= 11 is 0. The molecule has 0 saturated carbocycles. The fraction of sp³-hybridized carbons (Fsp3) is 0.278. The van der Waals surface area contributed by atoms with E-state index < -0.39 is 6.10 Å². The molecule has 116 valence electrons. The average molecular weight is 301 g/mol. The Morgan fingerprint density at radius 1 is 1.14 bits per heavy atom. The summed E-state index contributed by atoms with van der Waals surface area (Å²) in [5.41, 5.74) is 1.03. The van der Waals surface area contributed by atoms with Crippen LogP contribution in [0.1, 0.15) is 31.9 Å². The average Bonchev–Trinajstić information content (AvgIpc) is 2.55. The van der Waals surface area contributed by atoms with Gasteiger partial charge in [-0.2, -0.15) is 0 Å². The number of hydrogen-bond donors (Lipinski definition) is 1. The highest BCUT2D eigenvalue weighted by Crippen LogP contribution is 2.16. The Hall–Kier alpha value is -2.36. The number of halogens is 1. The summed E-state index contributed by atoms with van der Waals surface area (Å²) in [6.45, 7) is 3.80. The second-order valence-corrected chi connectivity index (χ2v) is 5.11. The van der Waals surface area contributed by atoms with E-state index in [-0.39, 0.29) is 17.8 Å². The third kappa shape index (κ3) is 4.32. The van der Waals surface area contributed by atoms with E-state index >= 15 is 0 Å². The van der Waals surface area contributed by atoms with Crippen LogP contribution in [0.3, 0.4) is 0 Å². The van der Waals surface area contributed by atoms with Crippen molar-refractivity contribution < 1.29 is 13.9 Å². The largest absolute Gasteiger partial charge is 0.481 e. The van der Waals surface area contributed by atoms with Gasteiger partial charge in [0.15, 0.2) is 6.10 Å². The highest BCUT2D eigenvalue weighted by molar-refractivity contribution is 5.81. The first-order chi connectivity index (χ1) is 10.6. The predicted octanol–water partition coefficient (Wildman–Crippen LogP) is 3.86. The second kappa shape index (κ2) is 7.59. The van der Waals surface area contributed by atoms with Gasteiger partial charge in [-0.1, -0.05) is 37.3 Å². The fourth-order valence-electron chi connectivity index (χ4n) is 2.13. The molecule has 0 aliphatic carbocycles. The fourth-order valence-corrected chi connectivity index (χ4v) is 2.13. The number of amides is 1. The lowest BCUT2D eigenvalue weighted by atomic mass is 10.1. The van der Waals surface area contributed by atoms with Gasteiger partial charge < -0.3 is 10.1 Å². The molecule has 2 atom stereocenters. The van der Waals surface area contributed by atoms with E-state index in [1.54, 1.807) is 0 Å². The molecule has 0 bridgehead atoms. The van der Waals surface area contributed by atoms with Gasteiger partial charge in [-0.3, -0.25) is 4.79 Å². The van der Waals surface area contributed by atoms with Gasteiger partial charge in [-0.25, -0.2) is 4.39 Å². The molecule has 1 unspecified atom stereocenters. The van der Waals surface area contributed by atoms with Gasteiger partial charge in [0.05, 0.1) is 6.04 Å². The molecular formula is C18H20FNO2. The van der Waals surface area contributed by atoms with Crippen LogP contribution < -0.4 is 10.1 Å². The minimum absolute atomic E-state index is 0.0976. The molecule has 2 rings (SSSR count). The molecule has 0 spiro atoms. The van der Waals surface area contributed by atoms with Crippen LogP contribution in [0.4, 0.5) is 4.39 Å². The van der Waals surface area contributed by atoms with Crippen LogP contribution in [0.15, 0.2) is 54.6 Å². The first-order valence-electron chi connectivity index (χ1n) is 7.37. The topological polar surface area (TPSA) is 38.3 Å². The van der Waals surface area contributed by atoms with Crippen molar-refractivity contribution >= 4 is 5.91 Å². The maximum Gasteiger partial charge on any atom is 0.261 e. The lowest BCUT2D eigenvalue weighted by molar-refractivity contribution is -0.128. The van der Waals surface area contributed by atoms with Crippen LogP contribution in [-0.4, -0.2) is 12.0 Å². The third-order valence-electron chi connectivity index (χ3n) is 3.41. The molecule has 0 heterocycles. The number of carbonyl (C=O) groups is 1. The van der Waals surface area contributed by atoms with Crippen LogP contribution in [-0.2, 0) is 4.79 Å². The number of nitrogens with one attached hydrogen (secondary N) is 1. The van der Waals surface area contributed by atoms with E-state index in [0.717, 1.165) is 5.56 Å². The Labute approximate surface area is 130 Å². The number of carbonyl (C=O) groups excluding carboxylic acids is 1.